The Hall–Kier alpha value is -2.22. The van der Waals surface area contributed by atoms with Gasteiger partial charge in [-0.25, -0.2) is 4.98 Å². The van der Waals surface area contributed by atoms with Crippen LogP contribution >= 0.6 is 0 Å². The molecule has 3 rings (SSSR count). The van der Waals surface area contributed by atoms with Gasteiger partial charge in [-0.2, -0.15) is 18.3 Å². The predicted octanol–water partition coefficient (Wildman–Crippen LogP) is 3.95. The number of nitrogens with zero attached hydrogens (tertiary/aromatic N) is 4. The minimum atomic E-state index is -4.35. The van der Waals surface area contributed by atoms with Crippen LogP contribution in [0.5, 0.6) is 0 Å². The molecule has 26 heavy (non-hydrogen) atoms. The van der Waals surface area contributed by atoms with E-state index in [1.54, 1.807) is 0 Å². The van der Waals surface area contributed by atoms with Crippen LogP contribution in [0, 0.1) is 0 Å². The maximum Gasteiger partial charge on any atom is 0.416 e. The molecule has 1 fully saturated rings. The van der Waals surface area contributed by atoms with Crippen LogP contribution in [-0.2, 0) is 10.9 Å². The van der Waals surface area contributed by atoms with Crippen LogP contribution in [0.15, 0.2) is 30.5 Å². The number of piperidine rings is 1. The number of rotatable bonds is 5. The van der Waals surface area contributed by atoms with E-state index in [9.17, 15) is 13.2 Å². The van der Waals surface area contributed by atoms with Gasteiger partial charge in [0.2, 0.25) is 5.95 Å². The van der Waals surface area contributed by atoms with E-state index in [-0.39, 0.29) is 6.10 Å². The number of anilines is 1. The molecular weight excluding hydrogens is 345 g/mol. The van der Waals surface area contributed by atoms with Crippen LogP contribution in [0.3, 0.4) is 0 Å². The van der Waals surface area contributed by atoms with Crippen molar-refractivity contribution in [2.75, 3.05) is 24.6 Å². The number of alkyl halides is 3. The third kappa shape index (κ3) is 4.49. The smallest absolute Gasteiger partial charge is 0.376 e. The van der Waals surface area contributed by atoms with Gasteiger partial charge in [0.05, 0.1) is 23.6 Å². The molecule has 8 heteroatoms. The Morgan fingerprint density at radius 1 is 1.23 bits per heavy atom. The molecule has 5 nitrogen and oxygen atoms in total. The van der Waals surface area contributed by atoms with E-state index in [0.717, 1.165) is 44.5 Å². The fourth-order valence-electron chi connectivity index (χ4n) is 2.94. The lowest BCUT2D eigenvalue weighted by atomic mass is 10.1. The highest BCUT2D eigenvalue weighted by Crippen LogP contribution is 2.30. The predicted molar refractivity (Wildman–Crippen MR) is 91.7 cm³/mol. The molecule has 0 saturated carbocycles. The second-order valence-electron chi connectivity index (χ2n) is 6.30. The molecule has 1 atom stereocenters. The molecule has 1 saturated heterocycles. The molecule has 0 spiro atoms. The fraction of sp³-hybridized carbons (Fsp3) is 0.500. The summed E-state index contributed by atoms with van der Waals surface area (Å²) in [6, 6.07) is 4.90. The first-order chi connectivity index (χ1) is 12.5. The first-order valence-electron chi connectivity index (χ1n) is 8.71. The topological polar surface area (TPSA) is 51.1 Å². The van der Waals surface area contributed by atoms with Crippen molar-refractivity contribution in [3.05, 3.63) is 36.0 Å². The third-order valence-electron chi connectivity index (χ3n) is 4.27. The molecular formula is C18H21F3N4O. The highest BCUT2D eigenvalue weighted by atomic mass is 19.4. The number of aromatic nitrogens is 3. The monoisotopic (exact) mass is 366 g/mol. The summed E-state index contributed by atoms with van der Waals surface area (Å²) in [6.45, 7) is 4.30. The molecule has 2 aromatic rings. The van der Waals surface area contributed by atoms with Crippen molar-refractivity contribution >= 4 is 5.95 Å². The van der Waals surface area contributed by atoms with Crippen LogP contribution in [-0.4, -0.2) is 41.0 Å². The van der Waals surface area contributed by atoms with Crippen molar-refractivity contribution in [3.63, 3.8) is 0 Å². The lowest BCUT2D eigenvalue weighted by Crippen LogP contribution is -2.40. The van der Waals surface area contributed by atoms with Crippen molar-refractivity contribution < 1.29 is 17.9 Å². The fourth-order valence-corrected chi connectivity index (χ4v) is 2.94. The van der Waals surface area contributed by atoms with Gasteiger partial charge < -0.3 is 9.64 Å². The quantitative estimate of drug-likeness (QED) is 0.802. The first-order valence-corrected chi connectivity index (χ1v) is 8.71. The normalized spacial score (nSPS) is 18.2. The van der Waals surface area contributed by atoms with Gasteiger partial charge in [0.1, 0.15) is 0 Å². The second-order valence-corrected chi connectivity index (χ2v) is 6.30. The Kier molecular flexibility index (Phi) is 5.70. The minimum Gasteiger partial charge on any atom is -0.376 e. The molecule has 1 aromatic carbocycles. The summed E-state index contributed by atoms with van der Waals surface area (Å²) in [7, 11) is 0. The van der Waals surface area contributed by atoms with Gasteiger partial charge in [-0.3, -0.25) is 0 Å². The van der Waals surface area contributed by atoms with Gasteiger partial charge in [0, 0.05) is 25.3 Å². The van der Waals surface area contributed by atoms with Crippen molar-refractivity contribution in [2.45, 2.75) is 38.5 Å². The Balaban J connectivity index is 1.75. The van der Waals surface area contributed by atoms with Crippen molar-refractivity contribution in [2.24, 2.45) is 0 Å². The molecule has 0 radical (unpaired) electrons. The Morgan fingerprint density at radius 2 is 2.00 bits per heavy atom. The van der Waals surface area contributed by atoms with Gasteiger partial charge in [-0.15, -0.1) is 5.10 Å². The van der Waals surface area contributed by atoms with E-state index in [0.29, 0.717) is 23.8 Å². The van der Waals surface area contributed by atoms with Crippen molar-refractivity contribution in [3.8, 4) is 11.3 Å². The van der Waals surface area contributed by atoms with E-state index in [1.165, 1.54) is 18.3 Å². The number of halogens is 3. The molecule has 0 amide bonds. The SMILES string of the molecule is CCCOC1CCCN(c2nncc(-c3ccc(C(F)(F)F)cc3)n2)C1. The summed E-state index contributed by atoms with van der Waals surface area (Å²) in [5, 5.41) is 8.07. The lowest BCUT2D eigenvalue weighted by molar-refractivity contribution is -0.137. The van der Waals surface area contributed by atoms with Crippen LogP contribution in [0.25, 0.3) is 11.3 Å². The molecule has 1 aliphatic rings. The summed E-state index contributed by atoms with van der Waals surface area (Å²) in [5.74, 6) is 0.479. The van der Waals surface area contributed by atoms with Gasteiger partial charge in [0.15, 0.2) is 0 Å². The van der Waals surface area contributed by atoms with Gasteiger partial charge >= 0.3 is 6.18 Å². The Bertz CT molecular complexity index is 721. The lowest BCUT2D eigenvalue weighted by Gasteiger charge is -2.32. The highest BCUT2D eigenvalue weighted by Gasteiger charge is 2.30. The van der Waals surface area contributed by atoms with E-state index in [2.05, 4.69) is 22.1 Å². The molecule has 2 heterocycles. The minimum absolute atomic E-state index is 0.141. The van der Waals surface area contributed by atoms with E-state index in [4.69, 9.17) is 4.74 Å². The number of benzene rings is 1. The molecule has 0 N–H and O–H groups in total. The molecule has 0 aliphatic carbocycles. The first kappa shape index (κ1) is 18.6. The van der Waals surface area contributed by atoms with Crippen LogP contribution in [0.4, 0.5) is 19.1 Å². The Morgan fingerprint density at radius 3 is 2.69 bits per heavy atom. The van der Waals surface area contributed by atoms with Crippen LogP contribution in [0.1, 0.15) is 31.7 Å². The van der Waals surface area contributed by atoms with Gasteiger partial charge in [-0.1, -0.05) is 19.1 Å². The van der Waals surface area contributed by atoms with Crippen LogP contribution in [0.2, 0.25) is 0 Å². The van der Waals surface area contributed by atoms with E-state index < -0.39 is 11.7 Å². The summed E-state index contributed by atoms with van der Waals surface area (Å²) in [4.78, 5) is 6.51. The maximum absolute atomic E-state index is 12.7. The van der Waals surface area contributed by atoms with E-state index in [1.807, 2.05) is 4.90 Å². The zero-order valence-corrected chi connectivity index (χ0v) is 14.5. The summed E-state index contributed by atoms with van der Waals surface area (Å²) in [6.07, 6.45) is 0.195. The molecule has 140 valence electrons. The molecule has 1 aliphatic heterocycles. The largest absolute Gasteiger partial charge is 0.416 e. The average Bonchev–Trinajstić information content (AvgIpc) is 2.66. The number of ether oxygens (including phenoxy) is 1. The summed E-state index contributed by atoms with van der Waals surface area (Å²) in [5.41, 5.74) is 0.390. The number of hydrogen-bond donors (Lipinski definition) is 0. The van der Waals surface area contributed by atoms with Crippen LogP contribution < -0.4 is 4.90 Å². The molecule has 0 bridgehead atoms. The summed E-state index contributed by atoms with van der Waals surface area (Å²) < 4.78 is 43.9. The van der Waals surface area contributed by atoms with Gasteiger partial charge in [-0.05, 0) is 31.4 Å². The Labute approximate surface area is 150 Å². The average molecular weight is 366 g/mol. The third-order valence-corrected chi connectivity index (χ3v) is 4.27. The molecule has 1 unspecified atom stereocenters. The zero-order valence-electron chi connectivity index (χ0n) is 14.5. The molecule has 1 aromatic heterocycles. The van der Waals surface area contributed by atoms with E-state index >= 15 is 0 Å². The van der Waals surface area contributed by atoms with Crippen molar-refractivity contribution in [1.29, 1.82) is 0 Å². The standard InChI is InChI=1S/C18H21F3N4O/c1-2-10-26-15-4-3-9-25(12-15)17-23-16(11-22-24-17)13-5-7-14(8-6-13)18(19,20)21/h5-8,11,15H,2-4,9-10,12H2,1H3. The number of hydrogen-bond acceptors (Lipinski definition) is 5. The summed E-state index contributed by atoms with van der Waals surface area (Å²) >= 11 is 0. The van der Waals surface area contributed by atoms with Crippen molar-refractivity contribution in [1.82, 2.24) is 15.2 Å². The maximum atomic E-state index is 12.7. The highest BCUT2D eigenvalue weighted by molar-refractivity contribution is 5.59. The zero-order chi connectivity index (χ0) is 18.6. The van der Waals surface area contributed by atoms with Gasteiger partial charge in [0.25, 0.3) is 0 Å². The second kappa shape index (κ2) is 7.99.